The third-order valence-electron chi connectivity index (χ3n) is 4.02. The molecule has 0 saturated heterocycles. The van der Waals surface area contributed by atoms with Crippen molar-refractivity contribution in [3.05, 3.63) is 29.6 Å². The van der Waals surface area contributed by atoms with Gasteiger partial charge in [-0.15, -0.1) is 0 Å². The van der Waals surface area contributed by atoms with Crippen molar-refractivity contribution < 1.29 is 9.13 Å². The molecule has 4 heteroatoms. The number of anilines is 1. The van der Waals surface area contributed by atoms with Gasteiger partial charge in [0.15, 0.2) is 0 Å². The Hall–Kier alpha value is -1.13. The summed E-state index contributed by atoms with van der Waals surface area (Å²) in [6, 6.07) is 5.50. The average molecular weight is 280 g/mol. The fraction of sp³-hybridized carbons (Fsp3) is 0.625. The van der Waals surface area contributed by atoms with Crippen molar-refractivity contribution in [2.45, 2.75) is 19.9 Å². The van der Waals surface area contributed by atoms with E-state index in [1.54, 1.807) is 13.2 Å². The topological polar surface area (TPSA) is 24.5 Å². The zero-order valence-corrected chi connectivity index (χ0v) is 12.7. The number of nitrogens with one attached hydrogen (secondary N) is 1. The summed E-state index contributed by atoms with van der Waals surface area (Å²) in [6.45, 7) is 5.32. The quantitative estimate of drug-likeness (QED) is 0.741. The number of ether oxygens (including phenoxy) is 1. The molecule has 20 heavy (non-hydrogen) atoms. The van der Waals surface area contributed by atoms with Gasteiger partial charge in [0.05, 0.1) is 12.3 Å². The minimum Gasteiger partial charge on any atom is -0.383 e. The van der Waals surface area contributed by atoms with Gasteiger partial charge in [-0.05, 0) is 36.0 Å². The van der Waals surface area contributed by atoms with E-state index < -0.39 is 0 Å². The number of rotatable bonds is 8. The van der Waals surface area contributed by atoms with Gasteiger partial charge in [0.2, 0.25) is 0 Å². The molecule has 0 aliphatic heterocycles. The predicted molar refractivity (Wildman–Crippen MR) is 80.5 cm³/mol. The molecular weight excluding hydrogens is 255 g/mol. The second-order valence-corrected chi connectivity index (χ2v) is 5.81. The van der Waals surface area contributed by atoms with Crippen molar-refractivity contribution in [3.63, 3.8) is 0 Å². The Morgan fingerprint density at radius 3 is 2.80 bits per heavy atom. The Bertz CT molecular complexity index is 438. The van der Waals surface area contributed by atoms with E-state index in [1.807, 2.05) is 24.1 Å². The van der Waals surface area contributed by atoms with E-state index in [-0.39, 0.29) is 5.82 Å². The standard InChI is InChI=1S/C16H25FN2O/c1-12-8-14(12)11-19(2)16-5-4-13(9-15(16)17)10-18-6-7-20-3/h4-5,9,12,14,18H,6-8,10-11H2,1-3H3. The molecule has 1 saturated carbocycles. The molecule has 0 spiro atoms. The molecule has 2 atom stereocenters. The number of nitrogens with zero attached hydrogens (tertiary/aromatic N) is 1. The molecule has 2 unspecified atom stereocenters. The van der Waals surface area contributed by atoms with Gasteiger partial charge in [0, 0.05) is 33.8 Å². The Balaban J connectivity index is 1.87. The second kappa shape index (κ2) is 7.04. The van der Waals surface area contributed by atoms with Gasteiger partial charge in [-0.3, -0.25) is 0 Å². The minimum absolute atomic E-state index is 0.133. The molecule has 1 aromatic rings. The van der Waals surface area contributed by atoms with Gasteiger partial charge >= 0.3 is 0 Å². The smallest absolute Gasteiger partial charge is 0.146 e. The zero-order valence-electron chi connectivity index (χ0n) is 12.7. The molecule has 1 aromatic carbocycles. The molecule has 0 amide bonds. The minimum atomic E-state index is -0.133. The van der Waals surface area contributed by atoms with E-state index in [2.05, 4.69) is 12.2 Å². The van der Waals surface area contributed by atoms with Gasteiger partial charge < -0.3 is 15.0 Å². The Morgan fingerprint density at radius 1 is 1.45 bits per heavy atom. The summed E-state index contributed by atoms with van der Waals surface area (Å²) >= 11 is 0. The van der Waals surface area contributed by atoms with Crippen LogP contribution in [0.3, 0.4) is 0 Å². The molecule has 1 aliphatic rings. The first-order chi connectivity index (χ1) is 9.61. The molecule has 112 valence electrons. The maximum atomic E-state index is 14.1. The lowest BCUT2D eigenvalue weighted by Gasteiger charge is -2.20. The second-order valence-electron chi connectivity index (χ2n) is 5.81. The van der Waals surface area contributed by atoms with Crippen LogP contribution >= 0.6 is 0 Å². The summed E-state index contributed by atoms with van der Waals surface area (Å²) in [6.07, 6.45) is 1.27. The summed E-state index contributed by atoms with van der Waals surface area (Å²) in [5.41, 5.74) is 1.67. The van der Waals surface area contributed by atoms with E-state index >= 15 is 0 Å². The molecule has 1 N–H and O–H groups in total. The number of halogens is 1. The fourth-order valence-corrected chi connectivity index (χ4v) is 2.48. The van der Waals surface area contributed by atoms with Crippen molar-refractivity contribution in [2.75, 3.05) is 38.8 Å². The highest BCUT2D eigenvalue weighted by Gasteiger charge is 2.33. The van der Waals surface area contributed by atoms with Crippen LogP contribution in [-0.2, 0) is 11.3 Å². The third kappa shape index (κ3) is 4.18. The molecule has 0 bridgehead atoms. The number of methoxy groups -OCH3 is 1. The molecule has 0 aromatic heterocycles. The van der Waals surface area contributed by atoms with Crippen LogP contribution in [0.5, 0.6) is 0 Å². The summed E-state index contributed by atoms with van der Waals surface area (Å²) in [4.78, 5) is 2.03. The summed E-state index contributed by atoms with van der Waals surface area (Å²) in [5, 5.41) is 3.22. The van der Waals surface area contributed by atoms with Crippen molar-refractivity contribution >= 4 is 5.69 Å². The van der Waals surface area contributed by atoms with Gasteiger partial charge in [-0.1, -0.05) is 13.0 Å². The van der Waals surface area contributed by atoms with E-state index in [1.165, 1.54) is 6.42 Å². The van der Waals surface area contributed by atoms with Crippen LogP contribution in [-0.4, -0.2) is 33.9 Å². The number of hydrogen-bond donors (Lipinski definition) is 1. The fourth-order valence-electron chi connectivity index (χ4n) is 2.48. The normalized spacial score (nSPS) is 21.0. The van der Waals surface area contributed by atoms with Crippen LogP contribution in [0.2, 0.25) is 0 Å². The van der Waals surface area contributed by atoms with E-state index in [0.29, 0.717) is 18.8 Å². The van der Waals surface area contributed by atoms with Crippen molar-refractivity contribution in [1.82, 2.24) is 5.32 Å². The van der Waals surface area contributed by atoms with Crippen LogP contribution in [0.25, 0.3) is 0 Å². The molecule has 3 nitrogen and oxygen atoms in total. The van der Waals surface area contributed by atoms with E-state index in [4.69, 9.17) is 4.74 Å². The summed E-state index contributed by atoms with van der Waals surface area (Å²) in [5.74, 6) is 1.39. The first-order valence-electron chi connectivity index (χ1n) is 7.31. The predicted octanol–water partition coefficient (Wildman–Crippen LogP) is 2.65. The van der Waals surface area contributed by atoms with Gasteiger partial charge in [0.1, 0.15) is 5.82 Å². The average Bonchev–Trinajstić information content (AvgIpc) is 3.10. The van der Waals surface area contributed by atoms with E-state index in [0.717, 1.165) is 30.5 Å². The number of benzene rings is 1. The highest BCUT2D eigenvalue weighted by Crippen LogP contribution is 2.38. The number of hydrogen-bond acceptors (Lipinski definition) is 3. The molecule has 1 fully saturated rings. The lowest BCUT2D eigenvalue weighted by Crippen LogP contribution is -2.22. The summed E-state index contributed by atoms with van der Waals surface area (Å²) < 4.78 is 19.1. The van der Waals surface area contributed by atoms with Crippen LogP contribution in [0.15, 0.2) is 18.2 Å². The lowest BCUT2D eigenvalue weighted by molar-refractivity contribution is 0.199. The van der Waals surface area contributed by atoms with Crippen LogP contribution < -0.4 is 10.2 Å². The van der Waals surface area contributed by atoms with Crippen LogP contribution in [0, 0.1) is 17.7 Å². The van der Waals surface area contributed by atoms with Gasteiger partial charge in [-0.25, -0.2) is 4.39 Å². The molecule has 1 aliphatic carbocycles. The van der Waals surface area contributed by atoms with E-state index in [9.17, 15) is 4.39 Å². The van der Waals surface area contributed by atoms with Crippen LogP contribution in [0.4, 0.5) is 10.1 Å². The first kappa shape index (κ1) is 15.3. The maximum Gasteiger partial charge on any atom is 0.146 e. The highest BCUT2D eigenvalue weighted by atomic mass is 19.1. The Morgan fingerprint density at radius 2 is 2.20 bits per heavy atom. The SMILES string of the molecule is COCCNCc1ccc(N(C)CC2CC2C)c(F)c1. The van der Waals surface area contributed by atoms with Crippen molar-refractivity contribution in [1.29, 1.82) is 0 Å². The Kier molecular flexibility index (Phi) is 5.38. The third-order valence-corrected chi connectivity index (χ3v) is 4.02. The van der Waals surface area contributed by atoms with Gasteiger partial charge in [0.25, 0.3) is 0 Å². The lowest BCUT2D eigenvalue weighted by atomic mass is 10.1. The first-order valence-corrected chi connectivity index (χ1v) is 7.31. The molecule has 0 heterocycles. The van der Waals surface area contributed by atoms with Crippen molar-refractivity contribution in [2.24, 2.45) is 11.8 Å². The molecular formula is C16H25FN2O. The molecule has 2 rings (SSSR count). The summed E-state index contributed by atoms with van der Waals surface area (Å²) in [7, 11) is 3.65. The maximum absolute atomic E-state index is 14.1. The Labute approximate surface area is 121 Å². The zero-order chi connectivity index (χ0) is 14.5. The highest BCUT2D eigenvalue weighted by molar-refractivity contribution is 5.48. The monoisotopic (exact) mass is 280 g/mol. The largest absolute Gasteiger partial charge is 0.383 e. The van der Waals surface area contributed by atoms with Gasteiger partial charge in [-0.2, -0.15) is 0 Å². The van der Waals surface area contributed by atoms with Crippen molar-refractivity contribution in [3.8, 4) is 0 Å². The van der Waals surface area contributed by atoms with Crippen LogP contribution in [0.1, 0.15) is 18.9 Å². The molecule has 0 radical (unpaired) electrons.